The number of aliphatic hydroxyl groups is 1. The lowest BCUT2D eigenvalue weighted by atomic mass is 9.97. The molecule has 0 radical (unpaired) electrons. The van der Waals surface area contributed by atoms with E-state index in [0.29, 0.717) is 28.9 Å². The van der Waals surface area contributed by atoms with E-state index in [2.05, 4.69) is 26.9 Å². The minimum Gasteiger partial charge on any atom is -0.439 e. The van der Waals surface area contributed by atoms with Crippen molar-refractivity contribution in [2.45, 2.75) is 37.7 Å². The molecule has 0 aromatic carbocycles. The molecular weight excluding hydrogens is 428 g/mol. The van der Waals surface area contributed by atoms with Crippen molar-refractivity contribution < 1.29 is 13.7 Å². The predicted octanol–water partition coefficient (Wildman–Crippen LogP) is 1.91. The SMILES string of the molecule is CN1CCC(c2ncc(-c3nc(N)ncc3Cl)o2)CC1.CS(=O)N1CCCC(O)C1. The van der Waals surface area contributed by atoms with Crippen LogP contribution in [0, 0.1) is 0 Å². The number of nitrogens with zero attached hydrogens (tertiary/aromatic N) is 5. The fourth-order valence-electron chi connectivity index (χ4n) is 3.55. The van der Waals surface area contributed by atoms with Gasteiger partial charge in [0, 0.05) is 25.3 Å². The number of halogens is 1. The molecule has 2 aromatic rings. The first-order valence-electron chi connectivity index (χ1n) is 10.0. The van der Waals surface area contributed by atoms with Gasteiger partial charge in [0.15, 0.2) is 11.7 Å². The van der Waals surface area contributed by atoms with Gasteiger partial charge in [0.1, 0.15) is 5.69 Å². The summed E-state index contributed by atoms with van der Waals surface area (Å²) in [4.78, 5) is 14.6. The molecule has 2 aromatic heterocycles. The lowest BCUT2D eigenvalue weighted by molar-refractivity contribution is 0.110. The van der Waals surface area contributed by atoms with Crippen molar-refractivity contribution in [2.24, 2.45) is 0 Å². The molecule has 2 fully saturated rings. The number of hydrogen-bond donors (Lipinski definition) is 2. The Morgan fingerprint density at radius 1 is 1.23 bits per heavy atom. The van der Waals surface area contributed by atoms with E-state index >= 15 is 0 Å². The number of β-amino-alcohol motifs (C(OH)–C–C–N with tert-alkyl or cyclic N) is 1. The van der Waals surface area contributed by atoms with E-state index in [0.717, 1.165) is 51.2 Å². The van der Waals surface area contributed by atoms with Crippen molar-refractivity contribution in [3.63, 3.8) is 0 Å². The zero-order valence-corrected chi connectivity index (χ0v) is 18.9. The molecule has 2 saturated heterocycles. The highest BCUT2D eigenvalue weighted by atomic mass is 35.5. The number of oxazole rings is 1. The van der Waals surface area contributed by atoms with Crippen molar-refractivity contribution in [2.75, 3.05) is 45.2 Å². The first kappa shape index (κ1) is 23.1. The van der Waals surface area contributed by atoms with Crippen LogP contribution in [0.3, 0.4) is 0 Å². The molecule has 0 spiro atoms. The van der Waals surface area contributed by atoms with Crippen molar-refractivity contribution in [3.05, 3.63) is 23.3 Å². The van der Waals surface area contributed by atoms with Gasteiger partial charge in [0.05, 0.1) is 34.5 Å². The van der Waals surface area contributed by atoms with Gasteiger partial charge in [-0.3, -0.25) is 0 Å². The number of anilines is 1. The van der Waals surface area contributed by atoms with Gasteiger partial charge in [-0.1, -0.05) is 11.6 Å². The third-order valence-electron chi connectivity index (χ3n) is 5.31. The van der Waals surface area contributed by atoms with Gasteiger partial charge < -0.3 is 20.2 Å². The highest BCUT2D eigenvalue weighted by Crippen LogP contribution is 2.32. The van der Waals surface area contributed by atoms with Gasteiger partial charge in [-0.25, -0.2) is 23.5 Å². The van der Waals surface area contributed by atoms with Crippen LogP contribution in [0.15, 0.2) is 16.8 Å². The second-order valence-corrected chi connectivity index (χ2v) is 9.44. The standard InChI is InChI=1S/C13H16ClN5O.C6H13NO2S/c1-19-4-2-8(3-5-19)12-16-7-10(20-12)11-9(14)6-17-13(15)18-11;1-10(9)7-4-2-3-6(8)5-7/h6-8H,2-5H2,1H3,(H2,15,17,18);6,8H,2-5H2,1H3. The maximum Gasteiger partial charge on any atom is 0.220 e. The first-order valence-corrected chi connectivity index (χ1v) is 11.9. The van der Waals surface area contributed by atoms with Crippen molar-refractivity contribution in [1.29, 1.82) is 0 Å². The van der Waals surface area contributed by atoms with E-state index in [1.165, 1.54) is 6.20 Å². The topological polar surface area (TPSA) is 122 Å². The zero-order valence-electron chi connectivity index (χ0n) is 17.3. The van der Waals surface area contributed by atoms with Crippen LogP contribution in [-0.2, 0) is 11.0 Å². The Morgan fingerprint density at radius 2 is 1.97 bits per heavy atom. The van der Waals surface area contributed by atoms with Crippen molar-refractivity contribution >= 4 is 28.5 Å². The molecule has 0 aliphatic carbocycles. The van der Waals surface area contributed by atoms with E-state index in [1.807, 2.05) is 0 Å². The summed E-state index contributed by atoms with van der Waals surface area (Å²) in [6.07, 6.45) is 8.43. The van der Waals surface area contributed by atoms with E-state index < -0.39 is 11.0 Å². The summed E-state index contributed by atoms with van der Waals surface area (Å²) in [5, 5.41) is 9.56. The fourth-order valence-corrected chi connectivity index (χ4v) is 4.50. The summed E-state index contributed by atoms with van der Waals surface area (Å²) in [6.45, 7) is 3.55. The lowest BCUT2D eigenvalue weighted by Crippen LogP contribution is -2.38. The van der Waals surface area contributed by atoms with Gasteiger partial charge in [-0.15, -0.1) is 0 Å². The Balaban J connectivity index is 0.000000216. The largest absolute Gasteiger partial charge is 0.439 e. The van der Waals surface area contributed by atoms with E-state index in [9.17, 15) is 4.21 Å². The summed E-state index contributed by atoms with van der Waals surface area (Å²) in [6, 6.07) is 0. The van der Waals surface area contributed by atoms with Crippen LogP contribution in [0.25, 0.3) is 11.5 Å². The maximum atomic E-state index is 10.9. The van der Waals surface area contributed by atoms with Crippen LogP contribution in [0.1, 0.15) is 37.5 Å². The lowest BCUT2D eigenvalue weighted by Gasteiger charge is -2.27. The third-order valence-corrected chi connectivity index (χ3v) is 6.65. The van der Waals surface area contributed by atoms with Gasteiger partial charge in [0.25, 0.3) is 0 Å². The number of rotatable bonds is 3. The van der Waals surface area contributed by atoms with Crippen molar-refractivity contribution in [3.8, 4) is 11.5 Å². The number of hydrogen-bond acceptors (Lipinski definition) is 8. The number of piperidine rings is 2. The Kier molecular flexibility index (Phi) is 8.18. The predicted molar refractivity (Wildman–Crippen MR) is 117 cm³/mol. The Labute approximate surface area is 184 Å². The minimum absolute atomic E-state index is 0.168. The first-order chi connectivity index (χ1) is 14.3. The van der Waals surface area contributed by atoms with Crippen LogP contribution in [0.4, 0.5) is 5.95 Å². The van der Waals surface area contributed by atoms with Crippen LogP contribution >= 0.6 is 11.6 Å². The summed E-state index contributed by atoms with van der Waals surface area (Å²) < 4.78 is 18.5. The fraction of sp³-hybridized carbons (Fsp3) is 0.632. The molecule has 2 aliphatic rings. The maximum absolute atomic E-state index is 10.9. The highest BCUT2D eigenvalue weighted by Gasteiger charge is 2.23. The molecule has 0 saturated carbocycles. The van der Waals surface area contributed by atoms with Crippen LogP contribution in [0.2, 0.25) is 5.02 Å². The molecule has 30 heavy (non-hydrogen) atoms. The minimum atomic E-state index is -0.899. The van der Waals surface area contributed by atoms with Crippen LogP contribution < -0.4 is 5.73 Å². The Morgan fingerprint density at radius 3 is 2.60 bits per heavy atom. The Bertz CT molecular complexity index is 859. The molecule has 9 nitrogen and oxygen atoms in total. The summed E-state index contributed by atoms with van der Waals surface area (Å²) >= 11 is 6.07. The molecule has 3 N–H and O–H groups in total. The molecule has 2 unspecified atom stereocenters. The average molecular weight is 457 g/mol. The van der Waals surface area contributed by atoms with Crippen LogP contribution in [-0.4, -0.2) is 79.1 Å². The highest BCUT2D eigenvalue weighted by molar-refractivity contribution is 7.81. The molecule has 0 amide bonds. The number of nitrogens with two attached hydrogens (primary N) is 1. The zero-order chi connectivity index (χ0) is 21.7. The average Bonchev–Trinajstić information content (AvgIpc) is 3.21. The second-order valence-electron chi connectivity index (χ2n) is 7.67. The number of aromatic nitrogens is 3. The summed E-state index contributed by atoms with van der Waals surface area (Å²) in [7, 11) is 1.23. The molecule has 0 bridgehead atoms. The van der Waals surface area contributed by atoms with Crippen molar-refractivity contribution in [1.82, 2.24) is 24.2 Å². The Hall–Kier alpha value is -1.59. The van der Waals surface area contributed by atoms with Gasteiger partial charge >= 0.3 is 0 Å². The molecule has 4 rings (SSSR count). The van der Waals surface area contributed by atoms with Gasteiger partial charge in [-0.05, 0) is 45.8 Å². The molecule has 11 heteroatoms. The molecule has 2 aliphatic heterocycles. The normalized spacial score (nSPS) is 22.3. The summed E-state index contributed by atoms with van der Waals surface area (Å²) in [5.74, 6) is 1.82. The van der Waals surface area contributed by atoms with E-state index in [1.54, 1.807) is 16.8 Å². The number of aliphatic hydroxyl groups excluding tert-OH is 1. The van der Waals surface area contributed by atoms with Gasteiger partial charge in [-0.2, -0.15) is 0 Å². The monoisotopic (exact) mass is 456 g/mol. The number of nitrogen functional groups attached to an aromatic ring is 1. The summed E-state index contributed by atoms with van der Waals surface area (Å²) in [5.41, 5.74) is 6.07. The van der Waals surface area contributed by atoms with Crippen LogP contribution in [0.5, 0.6) is 0 Å². The van der Waals surface area contributed by atoms with E-state index in [-0.39, 0.29) is 12.1 Å². The molecular formula is C19H29ClN6O3S. The number of likely N-dealkylation sites (tertiary alicyclic amines) is 1. The molecule has 4 heterocycles. The molecule has 2 atom stereocenters. The quantitative estimate of drug-likeness (QED) is 0.718. The van der Waals surface area contributed by atoms with Gasteiger partial charge in [0.2, 0.25) is 5.95 Å². The molecule has 166 valence electrons. The second kappa shape index (κ2) is 10.6. The smallest absolute Gasteiger partial charge is 0.220 e. The van der Waals surface area contributed by atoms with E-state index in [4.69, 9.17) is 26.9 Å². The third kappa shape index (κ3) is 6.21.